The van der Waals surface area contributed by atoms with Gasteiger partial charge in [-0.25, -0.2) is 0 Å². The van der Waals surface area contributed by atoms with E-state index in [1.165, 1.54) is 0 Å². The number of nitrogens with one attached hydrogen (secondary N) is 1. The molecule has 0 aliphatic heterocycles. The van der Waals surface area contributed by atoms with Crippen LogP contribution in [-0.2, 0) is 4.79 Å². The maximum atomic E-state index is 10.6. The predicted octanol–water partition coefficient (Wildman–Crippen LogP) is 0.916. The van der Waals surface area contributed by atoms with Crippen molar-refractivity contribution in [1.29, 1.82) is 0 Å². The van der Waals surface area contributed by atoms with E-state index in [1.807, 2.05) is 0 Å². The molecule has 0 bridgehead atoms. The zero-order valence-electron chi connectivity index (χ0n) is 5.36. The molecule has 1 atom stereocenters. The zero-order chi connectivity index (χ0) is 7.28. The van der Waals surface area contributed by atoms with E-state index >= 15 is 0 Å². The Balaban J connectivity index is 3.38. The van der Waals surface area contributed by atoms with E-state index in [2.05, 4.69) is 11.9 Å². The summed E-state index contributed by atoms with van der Waals surface area (Å²) >= 11 is 5.42. The molecule has 3 heteroatoms. The fourth-order valence-electron chi connectivity index (χ4n) is 0.313. The molecule has 0 aromatic carbocycles. The van der Waals surface area contributed by atoms with Crippen LogP contribution in [0.3, 0.4) is 0 Å². The van der Waals surface area contributed by atoms with Crippen LogP contribution in [0, 0.1) is 0 Å². The van der Waals surface area contributed by atoms with Gasteiger partial charge in [0.1, 0.15) is 5.38 Å². The Morgan fingerprint density at radius 3 is 2.89 bits per heavy atom. The molecule has 2 nitrogen and oxygen atoms in total. The third kappa shape index (κ3) is 4.03. The smallest absolute Gasteiger partial charge is 0.238 e. The van der Waals surface area contributed by atoms with E-state index in [9.17, 15) is 4.79 Å². The highest BCUT2D eigenvalue weighted by molar-refractivity contribution is 6.30. The van der Waals surface area contributed by atoms with Crippen LogP contribution in [0.5, 0.6) is 0 Å². The standard InChI is InChI=1S/C6H10ClNO/c1-3-4-8-6(9)5(2)7/h3,5H,1,4H2,2H3,(H,8,9). The summed E-state index contributed by atoms with van der Waals surface area (Å²) in [6, 6.07) is 0. The largest absolute Gasteiger partial charge is 0.351 e. The lowest BCUT2D eigenvalue weighted by molar-refractivity contribution is -0.120. The van der Waals surface area contributed by atoms with Gasteiger partial charge in [0.25, 0.3) is 0 Å². The van der Waals surface area contributed by atoms with Gasteiger partial charge in [0.15, 0.2) is 0 Å². The molecule has 0 saturated heterocycles. The summed E-state index contributed by atoms with van der Waals surface area (Å²) in [5.74, 6) is -0.156. The van der Waals surface area contributed by atoms with Crippen LogP contribution in [0.15, 0.2) is 12.7 Å². The monoisotopic (exact) mass is 147 g/mol. The molecule has 1 unspecified atom stereocenters. The normalized spacial score (nSPS) is 12.2. The minimum absolute atomic E-state index is 0.156. The summed E-state index contributed by atoms with van der Waals surface area (Å²) in [7, 11) is 0. The molecule has 1 N–H and O–H groups in total. The molecule has 9 heavy (non-hydrogen) atoms. The molecule has 0 rings (SSSR count). The van der Waals surface area contributed by atoms with Crippen molar-refractivity contribution >= 4 is 17.5 Å². The van der Waals surface area contributed by atoms with Crippen molar-refractivity contribution in [3.63, 3.8) is 0 Å². The average Bonchev–Trinajstić information content (AvgIpc) is 1.82. The third-order valence-corrected chi connectivity index (χ3v) is 0.980. The van der Waals surface area contributed by atoms with Crippen molar-refractivity contribution in [1.82, 2.24) is 5.32 Å². The van der Waals surface area contributed by atoms with Gasteiger partial charge in [-0.2, -0.15) is 0 Å². The van der Waals surface area contributed by atoms with Gasteiger partial charge in [-0.3, -0.25) is 4.79 Å². The fraction of sp³-hybridized carbons (Fsp3) is 0.500. The summed E-state index contributed by atoms with van der Waals surface area (Å²) in [6.45, 7) is 5.54. The van der Waals surface area contributed by atoms with Crippen LogP contribution in [0.2, 0.25) is 0 Å². The summed E-state index contributed by atoms with van der Waals surface area (Å²) in [5.41, 5.74) is 0. The topological polar surface area (TPSA) is 29.1 Å². The number of rotatable bonds is 3. The maximum absolute atomic E-state index is 10.6. The van der Waals surface area contributed by atoms with E-state index in [0.29, 0.717) is 6.54 Å². The van der Waals surface area contributed by atoms with Gasteiger partial charge in [0, 0.05) is 6.54 Å². The molecule has 0 spiro atoms. The van der Waals surface area contributed by atoms with E-state index in [-0.39, 0.29) is 5.91 Å². The summed E-state index contributed by atoms with van der Waals surface area (Å²) in [4.78, 5) is 10.6. The second-order valence-electron chi connectivity index (χ2n) is 1.65. The van der Waals surface area contributed by atoms with Crippen LogP contribution < -0.4 is 5.32 Å². The lowest BCUT2D eigenvalue weighted by atomic mass is 10.4. The van der Waals surface area contributed by atoms with Crippen molar-refractivity contribution in [3.8, 4) is 0 Å². The minimum Gasteiger partial charge on any atom is -0.351 e. The highest BCUT2D eigenvalue weighted by Gasteiger charge is 2.05. The second kappa shape index (κ2) is 4.39. The average molecular weight is 148 g/mol. The predicted molar refractivity (Wildman–Crippen MR) is 38.5 cm³/mol. The van der Waals surface area contributed by atoms with Crippen LogP contribution in [0.4, 0.5) is 0 Å². The molecule has 0 aliphatic rings. The highest BCUT2D eigenvalue weighted by Crippen LogP contribution is 1.90. The molecular weight excluding hydrogens is 138 g/mol. The van der Waals surface area contributed by atoms with E-state index in [4.69, 9.17) is 11.6 Å². The number of alkyl halides is 1. The lowest BCUT2D eigenvalue weighted by Gasteiger charge is -2.01. The van der Waals surface area contributed by atoms with Crippen LogP contribution in [0.1, 0.15) is 6.92 Å². The highest BCUT2D eigenvalue weighted by atomic mass is 35.5. The van der Waals surface area contributed by atoms with E-state index < -0.39 is 5.38 Å². The van der Waals surface area contributed by atoms with Crippen molar-refractivity contribution in [2.24, 2.45) is 0 Å². The fourth-order valence-corrected chi connectivity index (χ4v) is 0.391. The molecule has 0 fully saturated rings. The SMILES string of the molecule is C=CCNC(=O)C(C)Cl. The van der Waals surface area contributed by atoms with Crippen LogP contribution >= 0.6 is 11.6 Å². The molecular formula is C6H10ClNO. The Morgan fingerprint density at radius 1 is 2.00 bits per heavy atom. The van der Waals surface area contributed by atoms with Gasteiger partial charge in [0.05, 0.1) is 0 Å². The van der Waals surface area contributed by atoms with Crippen molar-refractivity contribution in [3.05, 3.63) is 12.7 Å². The quantitative estimate of drug-likeness (QED) is 0.467. The van der Waals surface area contributed by atoms with Gasteiger partial charge >= 0.3 is 0 Å². The Kier molecular flexibility index (Phi) is 4.14. The van der Waals surface area contributed by atoms with E-state index in [1.54, 1.807) is 13.0 Å². The first-order valence-corrected chi connectivity index (χ1v) is 3.14. The van der Waals surface area contributed by atoms with E-state index in [0.717, 1.165) is 0 Å². The Morgan fingerprint density at radius 2 is 2.56 bits per heavy atom. The van der Waals surface area contributed by atoms with Gasteiger partial charge in [0.2, 0.25) is 5.91 Å². The molecule has 0 aliphatic carbocycles. The lowest BCUT2D eigenvalue weighted by Crippen LogP contribution is -2.29. The van der Waals surface area contributed by atoms with Crippen LogP contribution in [-0.4, -0.2) is 17.8 Å². The first-order valence-electron chi connectivity index (χ1n) is 2.71. The Bertz CT molecular complexity index is 112. The third-order valence-electron chi connectivity index (χ3n) is 0.782. The zero-order valence-corrected chi connectivity index (χ0v) is 6.11. The molecule has 0 heterocycles. The number of carbonyl (C=O) groups is 1. The molecule has 0 saturated carbocycles. The molecule has 0 radical (unpaired) electrons. The van der Waals surface area contributed by atoms with Gasteiger partial charge in [-0.05, 0) is 6.92 Å². The number of hydrogen-bond donors (Lipinski definition) is 1. The Labute approximate surface area is 59.9 Å². The summed E-state index contributed by atoms with van der Waals surface area (Å²) in [5, 5.41) is 2.09. The van der Waals surface area contributed by atoms with Crippen molar-refractivity contribution < 1.29 is 4.79 Å². The number of halogens is 1. The summed E-state index contributed by atoms with van der Waals surface area (Å²) in [6.07, 6.45) is 1.61. The molecule has 52 valence electrons. The minimum atomic E-state index is -0.454. The maximum Gasteiger partial charge on any atom is 0.238 e. The number of hydrogen-bond acceptors (Lipinski definition) is 1. The Hall–Kier alpha value is -0.500. The summed E-state index contributed by atoms with van der Waals surface area (Å²) < 4.78 is 0. The van der Waals surface area contributed by atoms with Crippen molar-refractivity contribution in [2.75, 3.05) is 6.54 Å². The second-order valence-corrected chi connectivity index (χ2v) is 2.30. The number of carbonyl (C=O) groups excluding carboxylic acids is 1. The molecule has 0 aromatic heterocycles. The van der Waals surface area contributed by atoms with Gasteiger partial charge < -0.3 is 5.32 Å². The first-order chi connectivity index (χ1) is 4.18. The van der Waals surface area contributed by atoms with Crippen molar-refractivity contribution in [2.45, 2.75) is 12.3 Å². The van der Waals surface area contributed by atoms with Gasteiger partial charge in [-0.1, -0.05) is 6.08 Å². The van der Waals surface area contributed by atoms with Gasteiger partial charge in [-0.15, -0.1) is 18.2 Å². The number of amides is 1. The molecule has 1 amide bonds. The van der Waals surface area contributed by atoms with Crippen LogP contribution in [0.25, 0.3) is 0 Å². The first kappa shape index (κ1) is 8.50. The molecule has 0 aromatic rings.